The zero-order valence-electron chi connectivity index (χ0n) is 13.2. The van der Waals surface area contributed by atoms with Gasteiger partial charge < -0.3 is 24.9 Å². The number of hydrogen-bond acceptors (Lipinski definition) is 8. The number of phosphoric ester groups is 1. The highest BCUT2D eigenvalue weighted by atomic mass is 127. The van der Waals surface area contributed by atoms with Crippen LogP contribution >= 0.6 is 38.2 Å². The van der Waals surface area contributed by atoms with E-state index >= 15 is 0 Å². The molecular weight excluding hydrogens is 525 g/mol. The van der Waals surface area contributed by atoms with Gasteiger partial charge in [-0.2, -0.15) is 4.31 Å². The molecule has 0 amide bonds. The van der Waals surface area contributed by atoms with Gasteiger partial charge in [-0.3, -0.25) is 18.9 Å². The van der Waals surface area contributed by atoms with Gasteiger partial charge in [0, 0.05) is 12.1 Å². The van der Waals surface area contributed by atoms with Gasteiger partial charge in [-0.25, -0.2) is 13.9 Å². The predicted molar refractivity (Wildman–Crippen MR) is 94.5 cm³/mol. The Balaban J connectivity index is 1.82. The number of nitrogens with one attached hydrogen (secondary N) is 1. The van der Waals surface area contributed by atoms with Gasteiger partial charge in [-0.1, -0.05) is 0 Å². The normalized spacial score (nSPS) is 34.9. The first-order valence-electron chi connectivity index (χ1n) is 7.41. The molecule has 0 radical (unpaired) electrons. The van der Waals surface area contributed by atoms with Gasteiger partial charge in [-0.05, 0) is 34.9 Å². The second-order valence-corrected chi connectivity index (χ2v) is 10.3. The molecule has 6 N–H and O–H groups in total. The summed E-state index contributed by atoms with van der Waals surface area (Å²) in [5, 5.41) is 20.7. The summed E-state index contributed by atoms with van der Waals surface area (Å²) in [5.74, 6) is -1.46. The van der Waals surface area contributed by atoms with E-state index in [9.17, 15) is 33.8 Å². The lowest BCUT2D eigenvalue weighted by atomic mass is 10.0. The molecule has 1 unspecified atom stereocenters. The van der Waals surface area contributed by atoms with Crippen molar-refractivity contribution in [2.24, 2.45) is 11.8 Å². The monoisotopic (exact) mass is 540 g/mol. The maximum Gasteiger partial charge on any atom is 0.481 e. The van der Waals surface area contributed by atoms with Crippen LogP contribution in [0.1, 0.15) is 6.42 Å². The molecule has 0 saturated heterocycles. The molecule has 13 nitrogen and oxygen atoms in total. The van der Waals surface area contributed by atoms with Gasteiger partial charge >= 0.3 is 21.3 Å². The molecule has 27 heavy (non-hydrogen) atoms. The third-order valence-electron chi connectivity index (χ3n) is 4.81. The van der Waals surface area contributed by atoms with Gasteiger partial charge in [0.15, 0.2) is 0 Å². The number of aromatic nitrogens is 2. The number of aliphatic hydroxyl groups is 2. The molecule has 0 aliphatic heterocycles. The second kappa shape index (κ2) is 6.83. The van der Waals surface area contributed by atoms with Crippen molar-refractivity contribution in [1.29, 1.82) is 0 Å². The molecule has 3 rings (SSSR count). The summed E-state index contributed by atoms with van der Waals surface area (Å²) in [4.78, 5) is 52.3. The van der Waals surface area contributed by atoms with E-state index in [0.29, 0.717) is 0 Å². The van der Waals surface area contributed by atoms with Crippen molar-refractivity contribution in [3.05, 3.63) is 30.6 Å². The maximum absolute atomic E-state index is 12.1. The van der Waals surface area contributed by atoms with Crippen LogP contribution in [0.2, 0.25) is 0 Å². The average molecular weight is 540 g/mol. The van der Waals surface area contributed by atoms with Gasteiger partial charge in [-0.15, -0.1) is 0 Å². The Labute approximate surface area is 164 Å². The minimum Gasteiger partial charge on any atom is -0.390 e. The van der Waals surface area contributed by atoms with Crippen molar-refractivity contribution in [3.8, 4) is 0 Å². The maximum atomic E-state index is 12.1. The van der Waals surface area contributed by atoms with Crippen molar-refractivity contribution >= 4 is 38.2 Å². The molecule has 1 aromatic rings. The fourth-order valence-corrected chi connectivity index (χ4v) is 5.69. The van der Waals surface area contributed by atoms with Crippen LogP contribution in [0.15, 0.2) is 15.8 Å². The molecule has 0 aromatic carbocycles. The number of rotatable bonds is 6. The molecule has 16 heteroatoms. The lowest BCUT2D eigenvalue weighted by molar-refractivity contribution is -0.0281. The van der Waals surface area contributed by atoms with Crippen LogP contribution in [0.4, 0.5) is 0 Å². The Morgan fingerprint density at radius 1 is 1.30 bits per heavy atom. The Morgan fingerprint density at radius 3 is 2.52 bits per heavy atom. The van der Waals surface area contributed by atoms with Crippen LogP contribution in [0.25, 0.3) is 0 Å². The van der Waals surface area contributed by atoms with Gasteiger partial charge in [0.25, 0.3) is 5.56 Å². The zero-order chi connectivity index (χ0) is 20.4. The third-order valence-corrected chi connectivity index (χ3v) is 7.73. The van der Waals surface area contributed by atoms with E-state index in [0.717, 1.165) is 4.57 Å². The lowest BCUT2D eigenvalue weighted by Crippen LogP contribution is -2.45. The molecule has 2 fully saturated rings. The molecule has 2 saturated carbocycles. The highest BCUT2D eigenvalue weighted by Crippen LogP contribution is 2.65. The fourth-order valence-electron chi connectivity index (χ4n) is 3.65. The van der Waals surface area contributed by atoms with Crippen LogP contribution in [-0.2, 0) is 23.5 Å². The van der Waals surface area contributed by atoms with Crippen molar-refractivity contribution in [3.63, 3.8) is 0 Å². The van der Waals surface area contributed by atoms with Crippen molar-refractivity contribution < 1.29 is 42.9 Å². The number of nitrogens with zero attached hydrogens (tertiary/aromatic N) is 1. The number of halogens is 1. The smallest absolute Gasteiger partial charge is 0.390 e. The first kappa shape index (κ1) is 21.3. The Bertz CT molecular complexity index is 972. The molecule has 2 aliphatic rings. The number of aliphatic hydroxyl groups excluding tert-OH is 2. The number of fused-ring (bicyclic) bond motifs is 1. The molecule has 6 atom stereocenters. The Kier molecular flexibility index (Phi) is 5.39. The average Bonchev–Trinajstić information content (AvgIpc) is 3.19. The summed E-state index contributed by atoms with van der Waals surface area (Å²) in [6, 6.07) is 0. The van der Waals surface area contributed by atoms with Crippen LogP contribution in [0, 0.1) is 15.4 Å². The summed E-state index contributed by atoms with van der Waals surface area (Å²) >= 11 is 1.70. The van der Waals surface area contributed by atoms with Crippen molar-refractivity contribution in [1.82, 2.24) is 9.55 Å². The fraction of sp³-hybridized carbons (Fsp3) is 0.636. The number of aromatic amines is 1. The van der Waals surface area contributed by atoms with Crippen molar-refractivity contribution in [2.75, 3.05) is 6.61 Å². The van der Waals surface area contributed by atoms with E-state index in [2.05, 4.69) is 13.8 Å². The summed E-state index contributed by atoms with van der Waals surface area (Å²) in [6.45, 7) is -0.659. The SMILES string of the molecule is O=c1[nH]c(=O)n([C@]23C[C@H]2[C@H](COP(=O)(O)OP(=O)(O)O)[C@@H](O)[C@H]3O)cc1I. The van der Waals surface area contributed by atoms with Crippen molar-refractivity contribution in [2.45, 2.75) is 24.2 Å². The predicted octanol–water partition coefficient (Wildman–Crippen LogP) is -1.57. The third kappa shape index (κ3) is 3.88. The summed E-state index contributed by atoms with van der Waals surface area (Å²) in [6.07, 6.45) is -1.42. The van der Waals surface area contributed by atoms with E-state index in [4.69, 9.17) is 9.79 Å². The number of H-pyrrole nitrogens is 1. The second-order valence-electron chi connectivity index (χ2n) is 6.34. The molecule has 152 valence electrons. The van der Waals surface area contributed by atoms with Gasteiger partial charge in [0.1, 0.15) is 6.10 Å². The highest BCUT2D eigenvalue weighted by Gasteiger charge is 2.72. The molecule has 0 spiro atoms. The molecule has 2 aliphatic carbocycles. The van der Waals surface area contributed by atoms with E-state index < -0.39 is 63.1 Å². The van der Waals surface area contributed by atoms with E-state index in [1.54, 1.807) is 22.6 Å². The van der Waals surface area contributed by atoms with Crippen LogP contribution in [0.5, 0.6) is 0 Å². The van der Waals surface area contributed by atoms with Gasteiger partial charge in [0.05, 0.1) is 21.8 Å². The van der Waals surface area contributed by atoms with E-state index in [1.165, 1.54) is 6.20 Å². The van der Waals surface area contributed by atoms with Crippen LogP contribution in [0.3, 0.4) is 0 Å². The van der Waals surface area contributed by atoms with Gasteiger partial charge in [0.2, 0.25) is 0 Å². The zero-order valence-corrected chi connectivity index (χ0v) is 17.2. The van der Waals surface area contributed by atoms with Crippen LogP contribution < -0.4 is 11.2 Å². The molecule has 1 heterocycles. The topological polar surface area (TPSA) is 209 Å². The minimum absolute atomic E-state index is 0.184. The Hall–Kier alpha value is -0.410. The minimum atomic E-state index is -5.29. The summed E-state index contributed by atoms with van der Waals surface area (Å²) in [7, 11) is -10.4. The van der Waals surface area contributed by atoms with Crippen LogP contribution in [-0.4, -0.2) is 53.3 Å². The highest BCUT2D eigenvalue weighted by molar-refractivity contribution is 14.1. The Morgan fingerprint density at radius 2 is 1.93 bits per heavy atom. The van der Waals surface area contributed by atoms with E-state index in [-0.39, 0.29) is 9.99 Å². The first-order valence-corrected chi connectivity index (χ1v) is 11.5. The summed E-state index contributed by atoms with van der Waals surface area (Å²) < 4.78 is 31.7. The standard InChI is InChI=1S/C11H15IN2O11P2/c12-6-2-14(10(18)13-9(6)17)11-1-5(11)4(7(15)8(11)16)3-24-27(22,23)25-26(19,20)21/h2,4-5,7-8,15-16H,1,3H2,(H,22,23)(H,13,17,18)(H2,19,20,21)/t4-,5-,7+,8+,11+/m0/s1. The lowest BCUT2D eigenvalue weighted by Gasteiger charge is -2.24. The number of hydrogen-bond donors (Lipinski definition) is 6. The largest absolute Gasteiger partial charge is 0.481 e. The number of phosphoric acid groups is 2. The quantitative estimate of drug-likeness (QED) is 0.180. The van der Waals surface area contributed by atoms with E-state index in [1.807, 2.05) is 0 Å². The molecular formula is C11H15IN2O11P2. The summed E-state index contributed by atoms with van der Waals surface area (Å²) in [5.41, 5.74) is -2.61. The molecule has 1 aromatic heterocycles. The molecule has 0 bridgehead atoms. The first-order chi connectivity index (χ1) is 12.3.